The average molecular weight is 331 g/mol. The summed E-state index contributed by atoms with van der Waals surface area (Å²) in [7, 11) is -3.81. The van der Waals surface area contributed by atoms with Crippen LogP contribution in [0.1, 0.15) is 0 Å². The van der Waals surface area contributed by atoms with Crippen molar-refractivity contribution in [3.63, 3.8) is 0 Å². The minimum absolute atomic E-state index is 0.00186. The average Bonchev–Trinajstić information content (AvgIpc) is 2.56. The molecule has 23 heavy (non-hydrogen) atoms. The van der Waals surface area contributed by atoms with E-state index < -0.39 is 15.8 Å². The van der Waals surface area contributed by atoms with Crippen molar-refractivity contribution in [2.75, 3.05) is 4.72 Å². The van der Waals surface area contributed by atoms with Crippen LogP contribution in [-0.2, 0) is 10.0 Å². The summed E-state index contributed by atoms with van der Waals surface area (Å²) in [5, 5.41) is 0. The second kappa shape index (κ2) is 6.05. The van der Waals surface area contributed by atoms with Crippen molar-refractivity contribution in [2.45, 2.75) is 4.90 Å². The van der Waals surface area contributed by atoms with Crippen LogP contribution in [0.2, 0.25) is 0 Å². The van der Waals surface area contributed by atoms with Crippen LogP contribution in [0.3, 0.4) is 0 Å². The molecule has 0 atom stereocenters. The standard InChI is InChI=1S/C14H10FN5O2S/c15-12-4-10(5-17-8-12)11-6-18-14(19-7-11)20-23(21,22)13-2-1-3-16-9-13/h1-9H,(H,18,19,20). The van der Waals surface area contributed by atoms with Gasteiger partial charge in [-0.2, -0.15) is 0 Å². The van der Waals surface area contributed by atoms with E-state index in [0.717, 1.165) is 6.20 Å². The molecule has 0 radical (unpaired) electrons. The van der Waals surface area contributed by atoms with Gasteiger partial charge in [0.25, 0.3) is 10.0 Å². The number of halogens is 1. The molecule has 1 N–H and O–H groups in total. The van der Waals surface area contributed by atoms with Crippen molar-refractivity contribution in [1.82, 2.24) is 19.9 Å². The number of nitrogens with zero attached hydrogens (tertiary/aromatic N) is 4. The highest BCUT2D eigenvalue weighted by molar-refractivity contribution is 7.92. The van der Waals surface area contributed by atoms with Crippen molar-refractivity contribution in [2.24, 2.45) is 0 Å². The van der Waals surface area contributed by atoms with Crippen LogP contribution in [0.4, 0.5) is 10.3 Å². The Morgan fingerprint density at radius 3 is 2.39 bits per heavy atom. The highest BCUT2D eigenvalue weighted by atomic mass is 32.2. The molecule has 0 amide bonds. The summed E-state index contributed by atoms with van der Waals surface area (Å²) < 4.78 is 39.6. The van der Waals surface area contributed by atoms with Gasteiger partial charge >= 0.3 is 0 Å². The van der Waals surface area contributed by atoms with Gasteiger partial charge in [0.1, 0.15) is 10.7 Å². The summed E-state index contributed by atoms with van der Waals surface area (Å²) in [5.74, 6) is -0.578. The Labute approximate surface area is 131 Å². The second-order valence-corrected chi connectivity index (χ2v) is 6.16. The molecule has 3 heterocycles. The van der Waals surface area contributed by atoms with Gasteiger partial charge in [-0.15, -0.1) is 0 Å². The fourth-order valence-corrected chi connectivity index (χ4v) is 2.71. The molecule has 0 spiro atoms. The van der Waals surface area contributed by atoms with Crippen molar-refractivity contribution in [1.29, 1.82) is 0 Å². The van der Waals surface area contributed by atoms with Crippen molar-refractivity contribution in [3.8, 4) is 11.1 Å². The van der Waals surface area contributed by atoms with Crippen LogP contribution >= 0.6 is 0 Å². The zero-order valence-corrected chi connectivity index (χ0v) is 12.4. The van der Waals surface area contributed by atoms with E-state index >= 15 is 0 Å². The van der Waals surface area contributed by atoms with Crippen molar-refractivity contribution < 1.29 is 12.8 Å². The number of hydrogen-bond donors (Lipinski definition) is 1. The zero-order chi connectivity index (χ0) is 16.3. The molecule has 3 aromatic rings. The van der Waals surface area contributed by atoms with Crippen LogP contribution in [0.25, 0.3) is 11.1 Å². The van der Waals surface area contributed by atoms with Gasteiger partial charge < -0.3 is 0 Å². The largest absolute Gasteiger partial charge is 0.265 e. The fourth-order valence-electron chi connectivity index (χ4n) is 1.78. The molecule has 0 saturated heterocycles. The Balaban J connectivity index is 1.83. The first-order valence-corrected chi connectivity index (χ1v) is 7.89. The smallest absolute Gasteiger partial charge is 0.263 e. The molecule has 0 fully saturated rings. The Hall–Kier alpha value is -2.94. The zero-order valence-electron chi connectivity index (χ0n) is 11.6. The minimum atomic E-state index is -3.81. The molecule has 116 valence electrons. The van der Waals surface area contributed by atoms with Gasteiger partial charge in [0.15, 0.2) is 0 Å². The molecule has 0 aliphatic rings. The third-order valence-corrected chi connectivity index (χ3v) is 4.17. The number of rotatable bonds is 4. The van der Waals surface area contributed by atoms with Crippen LogP contribution in [0.15, 0.2) is 60.3 Å². The summed E-state index contributed by atoms with van der Waals surface area (Å²) in [6.45, 7) is 0. The Bertz CT molecular complexity index is 917. The Morgan fingerprint density at radius 2 is 1.74 bits per heavy atom. The van der Waals surface area contributed by atoms with E-state index in [4.69, 9.17) is 0 Å². The van der Waals surface area contributed by atoms with Gasteiger partial charge in [0.05, 0.1) is 6.20 Å². The molecule has 0 bridgehead atoms. The topological polar surface area (TPSA) is 97.7 Å². The van der Waals surface area contributed by atoms with E-state index in [1.807, 2.05) is 0 Å². The minimum Gasteiger partial charge on any atom is -0.263 e. The van der Waals surface area contributed by atoms with Crippen LogP contribution in [0, 0.1) is 5.82 Å². The van der Waals surface area contributed by atoms with Crippen LogP contribution in [-0.4, -0.2) is 28.4 Å². The quantitative estimate of drug-likeness (QED) is 0.784. The first kappa shape index (κ1) is 15.0. The summed E-state index contributed by atoms with van der Waals surface area (Å²) in [5.41, 5.74) is 1.01. The molecule has 0 unspecified atom stereocenters. The van der Waals surface area contributed by atoms with E-state index in [-0.39, 0.29) is 10.8 Å². The lowest BCUT2D eigenvalue weighted by molar-refractivity contribution is 0.600. The molecule has 0 aromatic carbocycles. The molecular weight excluding hydrogens is 321 g/mol. The lowest BCUT2D eigenvalue weighted by Gasteiger charge is -2.06. The maximum atomic E-state index is 13.1. The monoisotopic (exact) mass is 331 g/mol. The van der Waals surface area contributed by atoms with Gasteiger partial charge in [0.2, 0.25) is 5.95 Å². The first-order valence-electron chi connectivity index (χ1n) is 6.40. The molecule has 0 aliphatic carbocycles. The summed E-state index contributed by atoms with van der Waals surface area (Å²) in [6, 6.07) is 4.20. The van der Waals surface area contributed by atoms with E-state index in [2.05, 4.69) is 24.7 Å². The molecule has 0 aliphatic heterocycles. The number of sulfonamides is 1. The molecule has 7 nitrogen and oxygen atoms in total. The SMILES string of the molecule is O=S(=O)(Nc1ncc(-c2cncc(F)c2)cn1)c1cccnc1. The van der Waals surface area contributed by atoms with Gasteiger partial charge in [-0.1, -0.05) is 0 Å². The molecular formula is C14H10FN5O2S. The van der Waals surface area contributed by atoms with Crippen molar-refractivity contribution >= 4 is 16.0 Å². The van der Waals surface area contributed by atoms with Gasteiger partial charge in [-0.05, 0) is 18.2 Å². The third-order valence-electron chi connectivity index (χ3n) is 2.86. The summed E-state index contributed by atoms with van der Waals surface area (Å²) in [4.78, 5) is 15.3. The molecule has 3 aromatic heterocycles. The summed E-state index contributed by atoms with van der Waals surface area (Å²) >= 11 is 0. The highest BCUT2D eigenvalue weighted by Crippen LogP contribution is 2.18. The number of pyridine rings is 2. The van der Waals surface area contributed by atoms with E-state index in [0.29, 0.717) is 11.1 Å². The lowest BCUT2D eigenvalue weighted by Crippen LogP contribution is -2.15. The van der Waals surface area contributed by atoms with Crippen molar-refractivity contribution in [3.05, 3.63) is 61.2 Å². The number of aromatic nitrogens is 4. The molecule has 0 saturated carbocycles. The molecule has 9 heteroatoms. The Morgan fingerprint density at radius 1 is 0.957 bits per heavy atom. The van der Waals surface area contributed by atoms with E-state index in [1.54, 1.807) is 0 Å². The maximum Gasteiger partial charge on any atom is 0.265 e. The van der Waals surface area contributed by atoms with E-state index in [9.17, 15) is 12.8 Å². The van der Waals surface area contributed by atoms with Crippen LogP contribution in [0.5, 0.6) is 0 Å². The number of hydrogen-bond acceptors (Lipinski definition) is 6. The first-order chi connectivity index (χ1) is 11.0. The fraction of sp³-hybridized carbons (Fsp3) is 0. The lowest BCUT2D eigenvalue weighted by atomic mass is 10.1. The second-order valence-electron chi connectivity index (χ2n) is 4.48. The van der Waals surface area contributed by atoms with E-state index in [1.165, 1.54) is 49.2 Å². The van der Waals surface area contributed by atoms with Crippen LogP contribution < -0.4 is 4.72 Å². The number of anilines is 1. The normalized spacial score (nSPS) is 11.2. The summed E-state index contributed by atoms with van der Waals surface area (Å²) in [6.07, 6.45) is 7.99. The predicted molar refractivity (Wildman–Crippen MR) is 80.3 cm³/mol. The van der Waals surface area contributed by atoms with Gasteiger partial charge in [0, 0.05) is 42.1 Å². The number of nitrogens with one attached hydrogen (secondary N) is 1. The van der Waals surface area contributed by atoms with Gasteiger partial charge in [-0.3, -0.25) is 9.97 Å². The third kappa shape index (κ3) is 3.46. The Kier molecular flexibility index (Phi) is 3.94. The predicted octanol–water partition coefficient (Wildman–Crippen LogP) is 1.87. The van der Waals surface area contributed by atoms with Gasteiger partial charge in [-0.25, -0.2) is 27.5 Å². The molecule has 3 rings (SSSR count). The highest BCUT2D eigenvalue weighted by Gasteiger charge is 2.15. The maximum absolute atomic E-state index is 13.1.